The molecule has 0 amide bonds. The molecule has 0 spiro atoms. The van der Waals surface area contributed by atoms with Crippen LogP contribution in [-0.2, 0) is 6.54 Å². The number of hydrogen-bond acceptors (Lipinski definition) is 4. The lowest BCUT2D eigenvalue weighted by Gasteiger charge is -2.30. The Morgan fingerprint density at radius 2 is 2.30 bits per heavy atom. The molecule has 2 N–H and O–H groups in total. The predicted octanol–water partition coefficient (Wildman–Crippen LogP) is 2.86. The fourth-order valence-corrected chi connectivity index (χ4v) is 3.59. The van der Waals surface area contributed by atoms with Crippen LogP contribution in [0.5, 0.6) is 0 Å². The Bertz CT molecular complexity index is 477. The van der Waals surface area contributed by atoms with Gasteiger partial charge in [-0.25, -0.2) is 4.98 Å². The van der Waals surface area contributed by atoms with Gasteiger partial charge >= 0.3 is 0 Å². The van der Waals surface area contributed by atoms with Gasteiger partial charge in [0.05, 0.1) is 6.54 Å². The molecule has 1 aromatic rings. The number of aliphatic imine (C=N–C) groups is 1. The molecule has 0 radical (unpaired) electrons. The molecule has 1 saturated heterocycles. The van der Waals surface area contributed by atoms with Gasteiger partial charge in [0, 0.05) is 31.2 Å². The van der Waals surface area contributed by atoms with Gasteiger partial charge in [0.2, 0.25) is 0 Å². The highest BCUT2D eigenvalue weighted by molar-refractivity contribution is 14.0. The molecule has 0 aromatic carbocycles. The van der Waals surface area contributed by atoms with Gasteiger partial charge in [-0.05, 0) is 45.2 Å². The zero-order valence-electron chi connectivity index (χ0n) is 14.5. The minimum absolute atomic E-state index is 0. The number of aromatic nitrogens is 1. The summed E-state index contributed by atoms with van der Waals surface area (Å²) in [5.74, 6) is 1.72. The van der Waals surface area contributed by atoms with Gasteiger partial charge in [-0.15, -0.1) is 35.3 Å². The summed E-state index contributed by atoms with van der Waals surface area (Å²) in [5.41, 5.74) is 0. The van der Waals surface area contributed by atoms with Crippen molar-refractivity contribution in [2.45, 2.75) is 39.7 Å². The summed E-state index contributed by atoms with van der Waals surface area (Å²) in [6.07, 6.45) is 5.81. The van der Waals surface area contributed by atoms with E-state index >= 15 is 0 Å². The number of halogens is 1. The van der Waals surface area contributed by atoms with Crippen molar-refractivity contribution in [2.24, 2.45) is 10.9 Å². The van der Waals surface area contributed by atoms with Crippen molar-refractivity contribution >= 4 is 41.3 Å². The Hall–Kier alpha value is -0.410. The molecule has 2 rings (SSSR count). The zero-order valence-corrected chi connectivity index (χ0v) is 17.6. The third-order valence-electron chi connectivity index (χ3n) is 3.98. The third-order valence-corrected chi connectivity index (χ3v) is 4.90. The molecule has 5 nitrogen and oxygen atoms in total. The second-order valence-electron chi connectivity index (χ2n) is 6.12. The predicted molar refractivity (Wildman–Crippen MR) is 110 cm³/mol. The minimum atomic E-state index is 0. The summed E-state index contributed by atoms with van der Waals surface area (Å²) in [5, 5.41) is 7.80. The summed E-state index contributed by atoms with van der Waals surface area (Å²) < 4.78 is 0. The fourth-order valence-electron chi connectivity index (χ4n) is 2.86. The van der Waals surface area contributed by atoms with Crippen LogP contribution >= 0.6 is 35.3 Å². The molecule has 132 valence electrons. The van der Waals surface area contributed by atoms with Crippen molar-refractivity contribution in [2.75, 3.05) is 33.2 Å². The quantitative estimate of drug-likeness (QED) is 0.302. The molecule has 1 unspecified atom stereocenters. The smallest absolute Gasteiger partial charge is 0.191 e. The van der Waals surface area contributed by atoms with E-state index in [1.807, 2.05) is 13.2 Å². The zero-order chi connectivity index (χ0) is 15.8. The first-order valence-electron chi connectivity index (χ1n) is 8.25. The average molecular weight is 451 g/mol. The Morgan fingerprint density at radius 3 is 2.96 bits per heavy atom. The van der Waals surface area contributed by atoms with Crippen molar-refractivity contribution in [1.82, 2.24) is 20.5 Å². The summed E-state index contributed by atoms with van der Waals surface area (Å²) >= 11 is 1.72. The average Bonchev–Trinajstić information content (AvgIpc) is 2.92. The number of guanidine groups is 1. The number of likely N-dealkylation sites (tertiary alicyclic amines) is 1. The topological polar surface area (TPSA) is 52.6 Å². The van der Waals surface area contributed by atoms with E-state index in [4.69, 9.17) is 0 Å². The first kappa shape index (κ1) is 20.6. The molecule has 1 aliphatic heterocycles. The van der Waals surface area contributed by atoms with E-state index in [1.54, 1.807) is 11.3 Å². The van der Waals surface area contributed by atoms with Gasteiger partial charge in [0.25, 0.3) is 0 Å². The van der Waals surface area contributed by atoms with Crippen LogP contribution in [0.2, 0.25) is 0 Å². The third kappa shape index (κ3) is 7.80. The summed E-state index contributed by atoms with van der Waals surface area (Å²) in [6.45, 7) is 9.84. The van der Waals surface area contributed by atoms with Gasteiger partial charge < -0.3 is 15.5 Å². The minimum Gasteiger partial charge on any atom is -0.356 e. The molecule has 1 aliphatic rings. The van der Waals surface area contributed by atoms with E-state index in [0.29, 0.717) is 0 Å². The van der Waals surface area contributed by atoms with Crippen LogP contribution in [0.3, 0.4) is 0 Å². The number of rotatable bonds is 6. The van der Waals surface area contributed by atoms with E-state index in [2.05, 4.69) is 39.4 Å². The summed E-state index contributed by atoms with van der Waals surface area (Å²) in [6, 6.07) is 0. The number of piperidine rings is 1. The Kier molecular flexibility index (Phi) is 10.0. The molecule has 0 saturated carbocycles. The fraction of sp³-hybridized carbons (Fsp3) is 0.750. The molecule has 23 heavy (non-hydrogen) atoms. The van der Waals surface area contributed by atoms with E-state index < -0.39 is 0 Å². The normalized spacial score (nSPS) is 19.3. The Labute approximate surface area is 161 Å². The van der Waals surface area contributed by atoms with Gasteiger partial charge in [0.1, 0.15) is 5.01 Å². The van der Waals surface area contributed by atoms with Gasteiger partial charge in [-0.3, -0.25) is 4.99 Å². The van der Waals surface area contributed by atoms with Crippen LogP contribution in [0.1, 0.15) is 36.1 Å². The number of thiazole rings is 1. The van der Waals surface area contributed by atoms with Crippen LogP contribution in [0, 0.1) is 12.8 Å². The molecule has 2 heterocycles. The maximum atomic E-state index is 4.35. The number of nitrogens with zero attached hydrogens (tertiary/aromatic N) is 3. The van der Waals surface area contributed by atoms with Crippen molar-refractivity contribution in [3.8, 4) is 0 Å². The van der Waals surface area contributed by atoms with Crippen LogP contribution in [0.4, 0.5) is 0 Å². The van der Waals surface area contributed by atoms with Crippen LogP contribution < -0.4 is 10.6 Å². The van der Waals surface area contributed by atoms with E-state index in [0.717, 1.165) is 36.4 Å². The molecular formula is C16H30IN5S. The lowest BCUT2D eigenvalue weighted by Crippen LogP contribution is -2.39. The maximum Gasteiger partial charge on any atom is 0.191 e. The monoisotopic (exact) mass is 451 g/mol. The maximum absolute atomic E-state index is 4.35. The van der Waals surface area contributed by atoms with E-state index in [-0.39, 0.29) is 24.0 Å². The van der Waals surface area contributed by atoms with Crippen molar-refractivity contribution in [1.29, 1.82) is 0 Å². The molecule has 1 atom stereocenters. The highest BCUT2D eigenvalue weighted by Crippen LogP contribution is 2.15. The highest BCUT2D eigenvalue weighted by atomic mass is 127. The van der Waals surface area contributed by atoms with Gasteiger partial charge in [-0.2, -0.15) is 0 Å². The molecule has 1 aromatic heterocycles. The van der Waals surface area contributed by atoms with Crippen molar-refractivity contribution in [3.05, 3.63) is 16.1 Å². The lowest BCUT2D eigenvalue weighted by atomic mass is 10.0. The van der Waals surface area contributed by atoms with Crippen molar-refractivity contribution < 1.29 is 0 Å². The number of hydrogen-bond donors (Lipinski definition) is 2. The first-order chi connectivity index (χ1) is 10.7. The van der Waals surface area contributed by atoms with E-state index in [9.17, 15) is 0 Å². The van der Waals surface area contributed by atoms with Crippen LogP contribution in [-0.4, -0.2) is 49.1 Å². The summed E-state index contributed by atoms with van der Waals surface area (Å²) in [7, 11) is 1.81. The standard InChI is InChI=1S/C16H29N5S.HI/c1-13-6-4-8-21(12-13)9-5-7-18-16(17-3)20-11-15-19-10-14(2)22-15;/h10,13H,4-9,11-12H2,1-3H3,(H2,17,18,20);1H. The SMILES string of the molecule is CN=C(NCCCN1CCCC(C)C1)NCc1ncc(C)s1.I. The van der Waals surface area contributed by atoms with E-state index in [1.165, 1.54) is 37.4 Å². The largest absolute Gasteiger partial charge is 0.356 e. The van der Waals surface area contributed by atoms with Crippen LogP contribution in [0.15, 0.2) is 11.2 Å². The second-order valence-corrected chi connectivity index (χ2v) is 7.44. The molecular weight excluding hydrogens is 421 g/mol. The second kappa shape index (κ2) is 11.2. The van der Waals surface area contributed by atoms with Gasteiger partial charge in [-0.1, -0.05) is 6.92 Å². The van der Waals surface area contributed by atoms with Gasteiger partial charge in [0.15, 0.2) is 5.96 Å². The molecule has 1 fully saturated rings. The Morgan fingerprint density at radius 1 is 1.48 bits per heavy atom. The lowest BCUT2D eigenvalue weighted by molar-refractivity contribution is 0.182. The molecule has 0 bridgehead atoms. The molecule has 0 aliphatic carbocycles. The van der Waals surface area contributed by atoms with Crippen LogP contribution in [0.25, 0.3) is 0 Å². The van der Waals surface area contributed by atoms with Crippen molar-refractivity contribution in [3.63, 3.8) is 0 Å². The number of aryl methyl sites for hydroxylation is 1. The molecule has 7 heteroatoms. The number of nitrogens with one attached hydrogen (secondary N) is 2. The summed E-state index contributed by atoms with van der Waals surface area (Å²) in [4.78, 5) is 12.5. The Balaban J connectivity index is 0.00000264. The highest BCUT2D eigenvalue weighted by Gasteiger charge is 2.15. The first-order valence-corrected chi connectivity index (χ1v) is 9.07.